The number of nitrogens with one attached hydrogen (secondary N) is 1. The Labute approximate surface area is 101 Å². The molecule has 1 aliphatic carbocycles. The van der Waals surface area contributed by atoms with Crippen molar-refractivity contribution >= 4 is 34.2 Å². The summed E-state index contributed by atoms with van der Waals surface area (Å²) < 4.78 is 6.90. The summed E-state index contributed by atoms with van der Waals surface area (Å²) in [6.45, 7) is 0. The Bertz CT molecular complexity index is 440. The number of hydrogen-bond acceptors (Lipinski definition) is 2. The molecule has 0 unspecified atom stereocenters. The molecule has 0 bridgehead atoms. The third-order valence-electron chi connectivity index (χ3n) is 3.07. The van der Waals surface area contributed by atoms with Crippen LogP contribution in [-0.2, 0) is 4.79 Å². The number of rotatable bonds is 0. The van der Waals surface area contributed by atoms with Crippen molar-refractivity contribution in [1.29, 1.82) is 0 Å². The predicted molar refractivity (Wildman–Crippen MR) is 65.0 cm³/mol. The summed E-state index contributed by atoms with van der Waals surface area (Å²) in [6.07, 6.45) is 2.75. The zero-order valence-electron chi connectivity index (χ0n) is 8.05. The summed E-state index contributed by atoms with van der Waals surface area (Å²) in [5, 5.41) is 2.92. The molecule has 0 atom stereocenters. The molecule has 0 aromatic heterocycles. The van der Waals surface area contributed by atoms with Crippen LogP contribution in [0.5, 0.6) is 5.75 Å². The largest absolute Gasteiger partial charge is 0.475 e. The number of carbonyl (C=O) groups excluding carboxylic acids is 1. The van der Waals surface area contributed by atoms with E-state index < -0.39 is 5.60 Å². The van der Waals surface area contributed by atoms with Gasteiger partial charge in [-0.1, -0.05) is 0 Å². The first-order valence-electron chi connectivity index (χ1n) is 5.00. The Morgan fingerprint density at radius 3 is 2.87 bits per heavy atom. The van der Waals surface area contributed by atoms with Crippen molar-refractivity contribution in [2.75, 3.05) is 5.32 Å². The van der Waals surface area contributed by atoms with Crippen LogP contribution in [0.2, 0.25) is 0 Å². The Morgan fingerprint density at radius 2 is 2.20 bits per heavy atom. The molecule has 0 saturated heterocycles. The summed E-state index contributed by atoms with van der Waals surface area (Å²) in [4.78, 5) is 11.8. The van der Waals surface area contributed by atoms with Crippen molar-refractivity contribution in [3.63, 3.8) is 0 Å². The van der Waals surface area contributed by atoms with Gasteiger partial charge in [0.15, 0.2) is 5.60 Å². The van der Waals surface area contributed by atoms with Gasteiger partial charge in [0, 0.05) is 3.57 Å². The SMILES string of the molecule is O=C1Nc2cc(I)ccc2OC12CCC2. The zero-order chi connectivity index (χ0) is 10.5. The molecule has 0 radical (unpaired) electrons. The van der Waals surface area contributed by atoms with E-state index in [-0.39, 0.29) is 5.91 Å². The van der Waals surface area contributed by atoms with Crippen LogP contribution >= 0.6 is 22.6 Å². The number of carbonyl (C=O) groups is 1. The van der Waals surface area contributed by atoms with Crippen LogP contribution in [0.25, 0.3) is 0 Å². The minimum atomic E-state index is -0.556. The van der Waals surface area contributed by atoms with E-state index in [2.05, 4.69) is 27.9 Å². The third-order valence-corrected chi connectivity index (χ3v) is 3.74. The molecule has 15 heavy (non-hydrogen) atoms. The highest BCUT2D eigenvalue weighted by Crippen LogP contribution is 2.43. The molecular weight excluding hydrogens is 305 g/mol. The Morgan fingerprint density at radius 1 is 1.40 bits per heavy atom. The van der Waals surface area contributed by atoms with Crippen LogP contribution in [0.1, 0.15) is 19.3 Å². The van der Waals surface area contributed by atoms with Gasteiger partial charge in [-0.25, -0.2) is 0 Å². The van der Waals surface area contributed by atoms with Crippen LogP contribution < -0.4 is 10.1 Å². The van der Waals surface area contributed by atoms with E-state index in [1.165, 1.54) is 0 Å². The lowest BCUT2D eigenvalue weighted by Gasteiger charge is -2.43. The Kier molecular flexibility index (Phi) is 1.95. The second kappa shape index (κ2) is 3.10. The molecule has 1 aliphatic heterocycles. The monoisotopic (exact) mass is 315 g/mol. The highest BCUT2D eigenvalue weighted by molar-refractivity contribution is 14.1. The maximum Gasteiger partial charge on any atom is 0.268 e. The smallest absolute Gasteiger partial charge is 0.268 e. The van der Waals surface area contributed by atoms with Crippen LogP contribution in [0.15, 0.2) is 18.2 Å². The van der Waals surface area contributed by atoms with E-state index in [1.54, 1.807) is 0 Å². The Hall–Kier alpha value is -0.780. The van der Waals surface area contributed by atoms with Gasteiger partial charge in [-0.3, -0.25) is 4.79 Å². The fourth-order valence-corrected chi connectivity index (χ4v) is 2.50. The van der Waals surface area contributed by atoms with Gasteiger partial charge in [-0.15, -0.1) is 0 Å². The second-order valence-electron chi connectivity index (χ2n) is 4.04. The van der Waals surface area contributed by atoms with Crippen molar-refractivity contribution in [3.05, 3.63) is 21.8 Å². The Balaban J connectivity index is 2.02. The van der Waals surface area contributed by atoms with Gasteiger partial charge in [0.05, 0.1) is 5.69 Å². The van der Waals surface area contributed by atoms with E-state index in [4.69, 9.17) is 4.74 Å². The average molecular weight is 315 g/mol. The summed E-state index contributed by atoms with van der Waals surface area (Å²) in [5.41, 5.74) is 0.240. The minimum Gasteiger partial charge on any atom is -0.475 e. The number of amides is 1. The number of fused-ring (bicyclic) bond motifs is 1. The van der Waals surface area contributed by atoms with Crippen LogP contribution in [0.4, 0.5) is 5.69 Å². The fourth-order valence-electron chi connectivity index (χ4n) is 2.01. The van der Waals surface area contributed by atoms with Crippen molar-refractivity contribution in [1.82, 2.24) is 0 Å². The number of hydrogen-bond donors (Lipinski definition) is 1. The van der Waals surface area contributed by atoms with Gasteiger partial charge in [-0.05, 0) is 60.1 Å². The molecule has 78 valence electrons. The van der Waals surface area contributed by atoms with Gasteiger partial charge >= 0.3 is 0 Å². The second-order valence-corrected chi connectivity index (χ2v) is 5.29. The number of benzene rings is 1. The molecule has 1 heterocycles. The molecule has 1 aromatic rings. The first-order valence-corrected chi connectivity index (χ1v) is 6.08. The number of halogens is 1. The van der Waals surface area contributed by atoms with E-state index in [1.807, 2.05) is 18.2 Å². The lowest BCUT2D eigenvalue weighted by Crippen LogP contribution is -2.55. The summed E-state index contributed by atoms with van der Waals surface area (Å²) in [5.74, 6) is 0.818. The van der Waals surface area contributed by atoms with E-state index >= 15 is 0 Å². The molecule has 1 amide bonds. The molecule has 1 fully saturated rings. The third kappa shape index (κ3) is 1.34. The fraction of sp³-hybridized carbons (Fsp3) is 0.364. The van der Waals surface area contributed by atoms with Crippen molar-refractivity contribution in [2.24, 2.45) is 0 Å². The minimum absolute atomic E-state index is 0.0169. The lowest BCUT2D eigenvalue weighted by molar-refractivity contribution is -0.139. The molecular formula is C11H10INO2. The topological polar surface area (TPSA) is 38.3 Å². The van der Waals surface area contributed by atoms with Crippen LogP contribution in [0, 0.1) is 3.57 Å². The maximum absolute atomic E-state index is 11.8. The number of anilines is 1. The highest BCUT2D eigenvalue weighted by Gasteiger charge is 2.49. The predicted octanol–water partition coefficient (Wildman–Crippen LogP) is 2.54. The zero-order valence-corrected chi connectivity index (χ0v) is 10.2. The summed E-state index contributed by atoms with van der Waals surface area (Å²) >= 11 is 2.22. The maximum atomic E-state index is 11.8. The quantitative estimate of drug-likeness (QED) is 0.747. The molecule has 1 spiro atoms. The average Bonchev–Trinajstić information content (AvgIpc) is 2.14. The molecule has 1 saturated carbocycles. The summed E-state index contributed by atoms with van der Waals surface area (Å²) in [7, 11) is 0. The van der Waals surface area contributed by atoms with Crippen LogP contribution in [-0.4, -0.2) is 11.5 Å². The molecule has 4 heteroatoms. The molecule has 3 nitrogen and oxygen atoms in total. The number of ether oxygens (including phenoxy) is 1. The summed E-state index contributed by atoms with van der Waals surface area (Å²) in [6, 6.07) is 5.85. The van der Waals surface area contributed by atoms with E-state index in [0.29, 0.717) is 0 Å². The van der Waals surface area contributed by atoms with Crippen molar-refractivity contribution < 1.29 is 9.53 Å². The van der Waals surface area contributed by atoms with Crippen molar-refractivity contribution in [3.8, 4) is 5.75 Å². The highest BCUT2D eigenvalue weighted by atomic mass is 127. The van der Waals surface area contributed by atoms with E-state index in [9.17, 15) is 4.79 Å². The normalized spacial score (nSPS) is 21.3. The van der Waals surface area contributed by atoms with E-state index in [0.717, 1.165) is 34.3 Å². The van der Waals surface area contributed by atoms with Gasteiger partial charge in [0.2, 0.25) is 0 Å². The molecule has 1 N–H and O–H groups in total. The van der Waals surface area contributed by atoms with Crippen LogP contribution in [0.3, 0.4) is 0 Å². The lowest BCUT2D eigenvalue weighted by atomic mass is 9.78. The molecule has 3 rings (SSSR count). The van der Waals surface area contributed by atoms with Crippen molar-refractivity contribution in [2.45, 2.75) is 24.9 Å². The van der Waals surface area contributed by atoms with Gasteiger partial charge < -0.3 is 10.1 Å². The molecule has 2 aliphatic rings. The van der Waals surface area contributed by atoms with Gasteiger partial charge in [0.25, 0.3) is 5.91 Å². The van der Waals surface area contributed by atoms with Gasteiger partial charge in [-0.2, -0.15) is 0 Å². The standard InChI is InChI=1S/C11H10INO2/c12-7-2-3-9-8(6-7)13-10(14)11(15-9)4-1-5-11/h2-3,6H,1,4-5H2,(H,13,14). The first kappa shape index (κ1) is 9.45. The first-order chi connectivity index (χ1) is 7.20. The molecule has 1 aromatic carbocycles. The van der Waals surface area contributed by atoms with Gasteiger partial charge in [0.1, 0.15) is 5.75 Å².